The number of H-pyrrole nitrogens is 1. The van der Waals surface area contributed by atoms with E-state index in [9.17, 15) is 32.3 Å². The van der Waals surface area contributed by atoms with Crippen LogP contribution in [0.5, 0.6) is 0 Å². The van der Waals surface area contributed by atoms with Crippen LogP contribution in [-0.2, 0) is 20.4 Å². The number of rotatable bonds is 8. The summed E-state index contributed by atoms with van der Waals surface area (Å²) in [6.45, 7) is 3.01. The van der Waals surface area contributed by atoms with Gasteiger partial charge in [0.25, 0.3) is 5.56 Å². The summed E-state index contributed by atoms with van der Waals surface area (Å²) in [4.78, 5) is 55.6. The molecule has 4 rings (SSSR count). The second kappa shape index (κ2) is 12.0. The first kappa shape index (κ1) is 28.9. The van der Waals surface area contributed by atoms with Crippen LogP contribution in [0.3, 0.4) is 0 Å². The first-order valence-electron chi connectivity index (χ1n) is 12.2. The van der Waals surface area contributed by atoms with Crippen molar-refractivity contribution in [2.75, 3.05) is 36.7 Å². The molecule has 1 aliphatic heterocycles. The zero-order valence-corrected chi connectivity index (χ0v) is 21.8. The van der Waals surface area contributed by atoms with Gasteiger partial charge in [0.2, 0.25) is 5.69 Å². The van der Waals surface area contributed by atoms with E-state index >= 15 is 0 Å². The Morgan fingerprint density at radius 3 is 2.37 bits per heavy atom. The third-order valence-corrected chi connectivity index (χ3v) is 5.68. The fraction of sp³-hybridized carbons (Fsp3) is 0.269. The maximum atomic E-state index is 13.9. The van der Waals surface area contributed by atoms with Crippen LogP contribution in [0.15, 0.2) is 53.1 Å². The second-order valence-electron chi connectivity index (χ2n) is 8.48. The largest absolute Gasteiger partial charge is 0.462 e. The van der Waals surface area contributed by atoms with Gasteiger partial charge in [0, 0.05) is 11.9 Å². The summed E-state index contributed by atoms with van der Waals surface area (Å²) in [7, 11) is 0. The van der Waals surface area contributed by atoms with Gasteiger partial charge in [-0.2, -0.15) is 13.2 Å². The van der Waals surface area contributed by atoms with Gasteiger partial charge >= 0.3 is 24.2 Å². The molecule has 0 bridgehead atoms. The summed E-state index contributed by atoms with van der Waals surface area (Å²) in [5.74, 6) is -1.51. The fourth-order valence-corrected chi connectivity index (χ4v) is 3.84. The average Bonchev–Trinajstić information content (AvgIpc) is 3.40. The molecule has 2 aromatic carbocycles. The van der Waals surface area contributed by atoms with Gasteiger partial charge < -0.3 is 29.4 Å². The number of carbonyl (C=O) groups excluding carboxylic acids is 3. The van der Waals surface area contributed by atoms with Crippen molar-refractivity contribution in [3.63, 3.8) is 0 Å². The normalized spacial score (nSPS) is 12.9. The lowest BCUT2D eigenvalue weighted by Gasteiger charge is -2.21. The molecule has 0 saturated heterocycles. The highest BCUT2D eigenvalue weighted by molar-refractivity contribution is 5.91. The summed E-state index contributed by atoms with van der Waals surface area (Å²) in [5, 5.41) is 5.33. The molecular weight excluding hydrogens is 551 g/mol. The number of alkyl halides is 3. The number of amides is 1. The van der Waals surface area contributed by atoms with Crippen molar-refractivity contribution in [2.24, 2.45) is 0 Å². The molecule has 1 amide bonds. The van der Waals surface area contributed by atoms with Gasteiger partial charge in [-0.1, -0.05) is 0 Å². The Labute approximate surface area is 230 Å². The van der Waals surface area contributed by atoms with Gasteiger partial charge in [-0.05, 0) is 50.2 Å². The number of hydrogen-bond donors (Lipinski definition) is 3. The van der Waals surface area contributed by atoms with Crippen molar-refractivity contribution in [2.45, 2.75) is 20.0 Å². The van der Waals surface area contributed by atoms with Crippen molar-refractivity contribution in [3.05, 3.63) is 75.5 Å². The molecule has 3 aromatic rings. The van der Waals surface area contributed by atoms with Crippen molar-refractivity contribution in [1.29, 1.82) is 0 Å². The minimum absolute atomic E-state index is 0.0227. The maximum Gasteiger partial charge on any atom is 0.418 e. The molecule has 15 heteroatoms. The predicted molar refractivity (Wildman–Crippen MR) is 139 cm³/mol. The van der Waals surface area contributed by atoms with Gasteiger partial charge in [-0.3, -0.25) is 10.1 Å². The molecule has 216 valence electrons. The Morgan fingerprint density at radius 2 is 1.71 bits per heavy atom. The van der Waals surface area contributed by atoms with Crippen LogP contribution in [0.4, 0.5) is 29.3 Å². The molecule has 2 heterocycles. The third-order valence-electron chi connectivity index (χ3n) is 5.68. The van der Waals surface area contributed by atoms with Crippen molar-refractivity contribution in [1.82, 2.24) is 15.3 Å². The molecule has 0 atom stereocenters. The summed E-state index contributed by atoms with van der Waals surface area (Å²) >= 11 is 0. The lowest BCUT2D eigenvalue weighted by molar-refractivity contribution is -0.137. The average molecular weight is 576 g/mol. The number of esters is 2. The number of anilines is 2. The summed E-state index contributed by atoms with van der Waals surface area (Å²) in [6.07, 6.45) is -4.30. The number of benzene rings is 2. The molecule has 0 unspecified atom stereocenters. The highest BCUT2D eigenvalue weighted by Crippen LogP contribution is 2.39. The van der Waals surface area contributed by atoms with E-state index < -0.39 is 41.0 Å². The highest BCUT2D eigenvalue weighted by Gasteiger charge is 2.36. The van der Waals surface area contributed by atoms with E-state index in [1.165, 1.54) is 42.3 Å². The van der Waals surface area contributed by atoms with Gasteiger partial charge in [-0.15, -0.1) is 0 Å². The summed E-state index contributed by atoms with van der Waals surface area (Å²) < 4.78 is 56.7. The molecule has 41 heavy (non-hydrogen) atoms. The van der Waals surface area contributed by atoms with Gasteiger partial charge in [-0.25, -0.2) is 19.4 Å². The van der Waals surface area contributed by atoms with Gasteiger partial charge in [0.05, 0.1) is 53.4 Å². The van der Waals surface area contributed by atoms with Crippen LogP contribution in [-0.4, -0.2) is 54.5 Å². The van der Waals surface area contributed by atoms with Crippen LogP contribution in [0.25, 0.3) is 11.0 Å². The van der Waals surface area contributed by atoms with Gasteiger partial charge in [0.1, 0.15) is 6.61 Å². The van der Waals surface area contributed by atoms with E-state index in [2.05, 4.69) is 20.6 Å². The van der Waals surface area contributed by atoms with Crippen molar-refractivity contribution >= 4 is 40.4 Å². The smallest absolute Gasteiger partial charge is 0.418 e. The maximum absolute atomic E-state index is 13.9. The number of aromatic amines is 1. The molecule has 0 radical (unpaired) electrons. The van der Waals surface area contributed by atoms with E-state index in [1.54, 1.807) is 6.92 Å². The van der Waals surface area contributed by atoms with Crippen LogP contribution >= 0.6 is 0 Å². The van der Waals surface area contributed by atoms with E-state index in [0.717, 1.165) is 12.1 Å². The Morgan fingerprint density at radius 1 is 1.02 bits per heavy atom. The van der Waals surface area contributed by atoms with Crippen molar-refractivity contribution in [3.8, 4) is 0 Å². The lowest BCUT2D eigenvalue weighted by Crippen LogP contribution is -2.25. The minimum atomic E-state index is -4.80. The van der Waals surface area contributed by atoms with E-state index in [4.69, 9.17) is 14.2 Å². The first-order chi connectivity index (χ1) is 19.5. The van der Waals surface area contributed by atoms with E-state index in [1.807, 2.05) is 0 Å². The van der Waals surface area contributed by atoms with Crippen LogP contribution in [0.2, 0.25) is 0 Å². The Balaban J connectivity index is 1.50. The Bertz CT molecular complexity index is 1570. The molecular formula is C26H24F3N5O7. The summed E-state index contributed by atoms with van der Waals surface area (Å²) in [5.41, 5.74) is -2.28. The fourth-order valence-electron chi connectivity index (χ4n) is 3.84. The Kier molecular flexibility index (Phi) is 8.45. The van der Waals surface area contributed by atoms with E-state index in [-0.39, 0.29) is 43.2 Å². The zero-order valence-electron chi connectivity index (χ0n) is 21.8. The van der Waals surface area contributed by atoms with Crippen LogP contribution < -0.4 is 21.1 Å². The third kappa shape index (κ3) is 6.74. The van der Waals surface area contributed by atoms with Gasteiger partial charge in [0.15, 0.2) is 0 Å². The molecule has 0 aliphatic carbocycles. The van der Waals surface area contributed by atoms with Crippen LogP contribution in [0.1, 0.15) is 40.3 Å². The molecule has 1 aliphatic rings. The van der Waals surface area contributed by atoms with E-state index in [0.29, 0.717) is 16.9 Å². The first-order valence-corrected chi connectivity index (χ1v) is 12.2. The molecule has 0 saturated carbocycles. The monoisotopic (exact) mass is 575 g/mol. The number of hydrogen-bond acceptors (Lipinski definition) is 10. The number of nitrogens with one attached hydrogen (secondary N) is 3. The molecule has 0 spiro atoms. The molecule has 12 nitrogen and oxygen atoms in total. The standard InChI is InChI=1S/C26H24F3N5O7/c1-3-39-23(36)14-5-7-15(8-6-14)31-25(38)41-12-16-11-34(13-30-16)20-10-19-18(9-17(20)26(27,28)29)33-22(35)21(32-19)24(37)40-4-2/h5-11,30H,3-4,12-13H2,1-2H3,(H,31,38)(H,33,35). The highest BCUT2D eigenvalue weighted by atomic mass is 19.4. The SMILES string of the molecule is CCOC(=O)c1ccc(NC(=O)OCC2=CN(c3cc4nc(C(=O)OCC)c(=O)[nH]c4cc3C(F)(F)F)CN2)cc1. The number of fused-ring (bicyclic) bond motifs is 1. The number of halogens is 3. The number of ether oxygens (including phenoxy) is 3. The van der Waals surface area contributed by atoms with Crippen LogP contribution in [0, 0.1) is 0 Å². The number of aromatic nitrogens is 2. The quantitative estimate of drug-likeness (QED) is 0.268. The molecule has 3 N–H and O–H groups in total. The summed E-state index contributed by atoms with van der Waals surface area (Å²) in [6, 6.07) is 7.72. The topological polar surface area (TPSA) is 152 Å². The molecule has 0 fully saturated rings. The zero-order chi connectivity index (χ0) is 29.7. The predicted octanol–water partition coefficient (Wildman–Crippen LogP) is 3.75. The number of nitrogens with zero attached hydrogens (tertiary/aromatic N) is 2. The van der Waals surface area contributed by atoms with Crippen molar-refractivity contribution < 1.29 is 41.8 Å². The minimum Gasteiger partial charge on any atom is -0.462 e. The second-order valence-corrected chi connectivity index (χ2v) is 8.48. The molecule has 1 aromatic heterocycles. The Hall–Kier alpha value is -5.08. The number of carbonyl (C=O) groups is 3. The lowest BCUT2D eigenvalue weighted by atomic mass is 10.1.